The number of thioether (sulfide) groups is 1. The molecule has 0 radical (unpaired) electrons. The standard InChI is InChI=1S/C25H31N5O3S/c1-4-6-10-20(5-2)24(31)26-16-23-27-28-25(34-17-19-9-7-8-18(3)15-19)29(23)21-11-13-22(14-12-21)30(32)33/h7-9,11-15,20H,4-6,10,16-17H2,1-3H3,(H,26,31). The molecule has 0 saturated heterocycles. The van der Waals surface area contributed by atoms with E-state index in [2.05, 4.69) is 47.6 Å². The predicted molar refractivity (Wildman–Crippen MR) is 134 cm³/mol. The summed E-state index contributed by atoms with van der Waals surface area (Å²) < 4.78 is 1.86. The molecule has 1 heterocycles. The van der Waals surface area contributed by atoms with E-state index in [4.69, 9.17) is 0 Å². The second-order valence-corrected chi connectivity index (χ2v) is 9.19. The summed E-state index contributed by atoms with van der Waals surface area (Å²) in [7, 11) is 0. The van der Waals surface area contributed by atoms with Crippen molar-refractivity contribution >= 4 is 23.4 Å². The molecular formula is C25H31N5O3S. The van der Waals surface area contributed by atoms with Gasteiger partial charge in [-0.1, -0.05) is 68.3 Å². The second-order valence-electron chi connectivity index (χ2n) is 8.25. The number of non-ortho nitro benzene ring substituents is 1. The van der Waals surface area contributed by atoms with E-state index in [1.54, 1.807) is 12.1 Å². The molecule has 1 atom stereocenters. The van der Waals surface area contributed by atoms with E-state index in [0.29, 0.717) is 22.4 Å². The fraction of sp³-hybridized carbons (Fsp3) is 0.400. The molecule has 34 heavy (non-hydrogen) atoms. The van der Waals surface area contributed by atoms with E-state index in [1.165, 1.54) is 35.0 Å². The number of hydrogen-bond acceptors (Lipinski definition) is 6. The number of nitro benzene ring substituents is 1. The zero-order chi connectivity index (χ0) is 24.5. The van der Waals surface area contributed by atoms with Gasteiger partial charge in [-0.15, -0.1) is 10.2 Å². The average Bonchev–Trinajstić information content (AvgIpc) is 3.24. The first-order chi connectivity index (χ1) is 16.4. The number of amides is 1. The van der Waals surface area contributed by atoms with E-state index >= 15 is 0 Å². The first-order valence-electron chi connectivity index (χ1n) is 11.6. The number of nitro groups is 1. The van der Waals surface area contributed by atoms with Crippen molar-refractivity contribution in [3.05, 3.63) is 75.6 Å². The first kappa shape index (κ1) is 25.4. The summed E-state index contributed by atoms with van der Waals surface area (Å²) in [5.74, 6) is 1.28. The van der Waals surface area contributed by atoms with Crippen molar-refractivity contribution in [2.45, 2.75) is 63.9 Å². The van der Waals surface area contributed by atoms with Crippen LogP contribution in [0, 0.1) is 23.0 Å². The van der Waals surface area contributed by atoms with Crippen LogP contribution in [0.1, 0.15) is 56.5 Å². The van der Waals surface area contributed by atoms with Gasteiger partial charge in [-0.2, -0.15) is 0 Å². The van der Waals surface area contributed by atoms with E-state index in [9.17, 15) is 14.9 Å². The maximum Gasteiger partial charge on any atom is 0.269 e. The van der Waals surface area contributed by atoms with E-state index in [0.717, 1.165) is 25.7 Å². The van der Waals surface area contributed by atoms with Crippen LogP contribution in [0.3, 0.4) is 0 Å². The van der Waals surface area contributed by atoms with Crippen molar-refractivity contribution < 1.29 is 9.72 Å². The van der Waals surface area contributed by atoms with Crippen LogP contribution in [0.2, 0.25) is 0 Å². The van der Waals surface area contributed by atoms with Crippen molar-refractivity contribution in [2.24, 2.45) is 5.92 Å². The lowest BCUT2D eigenvalue weighted by Gasteiger charge is -2.15. The number of nitrogens with zero attached hydrogens (tertiary/aromatic N) is 4. The molecule has 180 valence electrons. The topological polar surface area (TPSA) is 103 Å². The number of carbonyl (C=O) groups excluding carboxylic acids is 1. The van der Waals surface area contributed by atoms with Gasteiger partial charge in [0.15, 0.2) is 11.0 Å². The lowest BCUT2D eigenvalue weighted by molar-refractivity contribution is -0.384. The summed E-state index contributed by atoms with van der Waals surface area (Å²) in [4.78, 5) is 23.4. The molecule has 0 bridgehead atoms. The summed E-state index contributed by atoms with van der Waals surface area (Å²) in [5, 5.41) is 23.5. The van der Waals surface area contributed by atoms with Crippen molar-refractivity contribution in [1.82, 2.24) is 20.1 Å². The highest BCUT2D eigenvalue weighted by molar-refractivity contribution is 7.98. The van der Waals surface area contributed by atoms with Crippen molar-refractivity contribution in [1.29, 1.82) is 0 Å². The fourth-order valence-corrected chi connectivity index (χ4v) is 4.64. The van der Waals surface area contributed by atoms with Crippen LogP contribution < -0.4 is 5.32 Å². The molecule has 0 fully saturated rings. The Hall–Kier alpha value is -3.20. The van der Waals surface area contributed by atoms with Gasteiger partial charge in [0.2, 0.25) is 5.91 Å². The Morgan fingerprint density at radius 1 is 1.18 bits per heavy atom. The molecule has 9 heteroatoms. The molecule has 1 aromatic heterocycles. The van der Waals surface area contributed by atoms with Gasteiger partial charge in [0.25, 0.3) is 5.69 Å². The summed E-state index contributed by atoms with van der Waals surface area (Å²) in [5.41, 5.74) is 3.08. The highest BCUT2D eigenvalue weighted by atomic mass is 32.2. The predicted octanol–water partition coefficient (Wildman–Crippen LogP) is 5.61. The molecule has 1 amide bonds. The third-order valence-corrected chi connectivity index (χ3v) is 6.66. The third-order valence-electron chi connectivity index (χ3n) is 5.66. The highest BCUT2D eigenvalue weighted by Gasteiger charge is 2.19. The fourth-order valence-electron chi connectivity index (χ4n) is 3.72. The maximum atomic E-state index is 12.7. The Morgan fingerprint density at radius 2 is 1.94 bits per heavy atom. The van der Waals surface area contributed by atoms with Gasteiger partial charge >= 0.3 is 0 Å². The van der Waals surface area contributed by atoms with Crippen molar-refractivity contribution in [3.63, 3.8) is 0 Å². The molecule has 2 aromatic carbocycles. The van der Waals surface area contributed by atoms with Crippen LogP contribution in [0.25, 0.3) is 5.69 Å². The molecule has 1 N–H and O–H groups in total. The van der Waals surface area contributed by atoms with Gasteiger partial charge in [-0.25, -0.2) is 0 Å². The van der Waals surface area contributed by atoms with E-state index < -0.39 is 4.92 Å². The highest BCUT2D eigenvalue weighted by Crippen LogP contribution is 2.27. The normalized spacial score (nSPS) is 11.9. The van der Waals surface area contributed by atoms with E-state index in [-0.39, 0.29) is 24.1 Å². The van der Waals surface area contributed by atoms with Crippen LogP contribution >= 0.6 is 11.8 Å². The SMILES string of the molecule is CCCCC(CC)C(=O)NCc1nnc(SCc2cccc(C)c2)n1-c1ccc([N+](=O)[O-])cc1. The zero-order valence-electron chi connectivity index (χ0n) is 19.9. The van der Waals surface area contributed by atoms with Crippen LogP contribution in [0.15, 0.2) is 53.7 Å². The molecule has 3 rings (SSSR count). The maximum absolute atomic E-state index is 12.7. The first-order valence-corrected chi connectivity index (χ1v) is 12.6. The van der Waals surface area contributed by atoms with Gasteiger partial charge < -0.3 is 5.32 Å². The smallest absolute Gasteiger partial charge is 0.269 e. The quantitative estimate of drug-likeness (QED) is 0.205. The molecular weight excluding hydrogens is 450 g/mol. The lowest BCUT2D eigenvalue weighted by atomic mass is 9.98. The van der Waals surface area contributed by atoms with Gasteiger partial charge in [0.1, 0.15) is 0 Å². The molecule has 0 aliphatic rings. The number of aryl methyl sites for hydroxylation is 1. The number of unbranched alkanes of at least 4 members (excludes halogenated alkanes) is 1. The van der Waals surface area contributed by atoms with Gasteiger partial charge in [-0.05, 0) is 37.5 Å². The zero-order valence-corrected chi connectivity index (χ0v) is 20.7. The summed E-state index contributed by atoms with van der Waals surface area (Å²) in [6.45, 7) is 6.43. The van der Waals surface area contributed by atoms with Crippen molar-refractivity contribution in [2.75, 3.05) is 0 Å². The molecule has 0 aliphatic carbocycles. The molecule has 0 spiro atoms. The van der Waals surface area contributed by atoms with Crippen LogP contribution in [-0.2, 0) is 17.1 Å². The number of rotatable bonds is 12. The second kappa shape index (κ2) is 12.3. The number of benzene rings is 2. The third kappa shape index (κ3) is 6.66. The lowest BCUT2D eigenvalue weighted by Crippen LogP contribution is -2.31. The Labute approximate surface area is 204 Å². The largest absolute Gasteiger partial charge is 0.349 e. The Morgan fingerprint density at radius 3 is 2.59 bits per heavy atom. The molecule has 1 unspecified atom stereocenters. The monoisotopic (exact) mass is 481 g/mol. The number of aromatic nitrogens is 3. The van der Waals surface area contributed by atoms with Gasteiger partial charge in [-0.3, -0.25) is 19.5 Å². The Kier molecular flexibility index (Phi) is 9.21. The minimum Gasteiger partial charge on any atom is -0.349 e. The number of carbonyl (C=O) groups is 1. The molecule has 8 nitrogen and oxygen atoms in total. The Bertz CT molecular complexity index is 1110. The van der Waals surface area contributed by atoms with E-state index in [1.807, 2.05) is 17.6 Å². The van der Waals surface area contributed by atoms with Crippen LogP contribution in [-0.4, -0.2) is 25.6 Å². The molecule has 3 aromatic rings. The summed E-state index contributed by atoms with van der Waals surface area (Å²) >= 11 is 1.53. The molecule has 0 aliphatic heterocycles. The van der Waals surface area contributed by atoms with Gasteiger partial charge in [0.05, 0.1) is 11.5 Å². The number of nitrogens with one attached hydrogen (secondary N) is 1. The summed E-state index contributed by atoms with van der Waals surface area (Å²) in [6.07, 6.45) is 3.73. The minimum atomic E-state index is -0.425. The molecule has 0 saturated carbocycles. The van der Waals surface area contributed by atoms with Crippen molar-refractivity contribution in [3.8, 4) is 5.69 Å². The van der Waals surface area contributed by atoms with Crippen LogP contribution in [0.4, 0.5) is 5.69 Å². The number of hydrogen-bond donors (Lipinski definition) is 1. The average molecular weight is 482 g/mol. The summed E-state index contributed by atoms with van der Waals surface area (Å²) in [6, 6.07) is 14.6. The van der Waals surface area contributed by atoms with Gasteiger partial charge in [0, 0.05) is 29.5 Å². The Balaban J connectivity index is 1.83. The van der Waals surface area contributed by atoms with Crippen LogP contribution in [0.5, 0.6) is 0 Å². The minimum absolute atomic E-state index is 0.0161.